The van der Waals surface area contributed by atoms with E-state index in [0.717, 1.165) is 17.0 Å². The molecular weight excluding hydrogens is 438 g/mol. The highest BCUT2D eigenvalue weighted by Crippen LogP contribution is 2.24. The van der Waals surface area contributed by atoms with Gasteiger partial charge in [0.1, 0.15) is 6.61 Å². The molecule has 0 spiro atoms. The molecule has 160 valence electrons. The second-order valence-electron chi connectivity index (χ2n) is 6.29. The fraction of sp³-hybridized carbons (Fsp3) is 0.143. The van der Waals surface area contributed by atoms with E-state index in [0.29, 0.717) is 33.7 Å². The molecule has 1 saturated heterocycles. The van der Waals surface area contributed by atoms with Crippen molar-refractivity contribution in [1.29, 1.82) is 5.41 Å². The Morgan fingerprint density at radius 2 is 1.87 bits per heavy atom. The predicted molar refractivity (Wildman–Crippen MR) is 124 cm³/mol. The summed E-state index contributed by atoms with van der Waals surface area (Å²) < 4.78 is 5.65. The van der Waals surface area contributed by atoms with Crippen LogP contribution in [-0.4, -0.2) is 36.0 Å². The Bertz CT molecular complexity index is 1120. The Morgan fingerprint density at radius 3 is 2.52 bits per heavy atom. The van der Waals surface area contributed by atoms with E-state index in [-0.39, 0.29) is 24.9 Å². The number of anilines is 3. The van der Waals surface area contributed by atoms with Crippen molar-refractivity contribution in [3.8, 4) is 0 Å². The van der Waals surface area contributed by atoms with Gasteiger partial charge in [-0.2, -0.15) is 0 Å². The van der Waals surface area contributed by atoms with Crippen LogP contribution in [0, 0.1) is 5.41 Å². The second kappa shape index (κ2) is 9.59. The van der Waals surface area contributed by atoms with Gasteiger partial charge < -0.3 is 15.4 Å². The van der Waals surface area contributed by atoms with Crippen molar-refractivity contribution in [3.63, 3.8) is 0 Å². The molecule has 1 aliphatic rings. The number of thiophene rings is 1. The van der Waals surface area contributed by atoms with Crippen LogP contribution in [0.5, 0.6) is 0 Å². The summed E-state index contributed by atoms with van der Waals surface area (Å²) in [5.41, 5.74) is 1.95. The summed E-state index contributed by atoms with van der Waals surface area (Å²) in [5, 5.41) is 13.3. The summed E-state index contributed by atoms with van der Waals surface area (Å²) in [5.74, 6) is -0.764. The molecule has 8 nitrogen and oxygen atoms in total. The van der Waals surface area contributed by atoms with Crippen LogP contribution < -0.4 is 15.5 Å². The van der Waals surface area contributed by atoms with Crippen LogP contribution in [0.4, 0.5) is 17.1 Å². The summed E-state index contributed by atoms with van der Waals surface area (Å²) in [7, 11) is 0. The lowest BCUT2D eigenvalue weighted by molar-refractivity contribution is 0.102. The highest BCUT2D eigenvalue weighted by Gasteiger charge is 2.20. The molecule has 3 N–H and O–H groups in total. The van der Waals surface area contributed by atoms with Crippen LogP contribution in [0.15, 0.2) is 54.9 Å². The second-order valence-corrected chi connectivity index (χ2v) is 8.00. The molecule has 0 saturated carbocycles. The van der Waals surface area contributed by atoms with E-state index in [4.69, 9.17) is 21.7 Å². The van der Waals surface area contributed by atoms with Gasteiger partial charge in [-0.05, 0) is 42.5 Å². The standard InChI is InChI=1S/C20H16ClN5O3S.CH4/c21-17-6-5-16(30-17)19(28)25-15-7-8-23-11-14(15)18(27)24-12-1-3-13(4-2-12)26-9-10-29-20(26)22;/h1-8,11,22H,9-10H2,(H,24,27)(H,23,25,28);1H4. The molecule has 1 aliphatic heterocycles. The fourth-order valence-corrected chi connectivity index (χ4v) is 3.83. The predicted octanol–water partition coefficient (Wildman–Crippen LogP) is 4.71. The molecule has 0 atom stereocenters. The Kier molecular flexibility index (Phi) is 6.88. The maximum atomic E-state index is 12.8. The zero-order valence-electron chi connectivity index (χ0n) is 15.5. The smallest absolute Gasteiger partial charge is 0.289 e. The third-order valence-electron chi connectivity index (χ3n) is 4.35. The lowest BCUT2D eigenvalue weighted by Crippen LogP contribution is -2.23. The van der Waals surface area contributed by atoms with Gasteiger partial charge in [-0.1, -0.05) is 19.0 Å². The van der Waals surface area contributed by atoms with Crippen molar-refractivity contribution in [3.05, 3.63) is 69.6 Å². The summed E-state index contributed by atoms with van der Waals surface area (Å²) >= 11 is 7.04. The lowest BCUT2D eigenvalue weighted by atomic mass is 10.2. The topological polar surface area (TPSA) is 107 Å². The van der Waals surface area contributed by atoms with E-state index in [2.05, 4.69) is 15.6 Å². The lowest BCUT2D eigenvalue weighted by Gasteiger charge is -2.15. The molecule has 3 aromatic rings. The van der Waals surface area contributed by atoms with Gasteiger partial charge in [0.2, 0.25) is 0 Å². The van der Waals surface area contributed by atoms with E-state index >= 15 is 0 Å². The van der Waals surface area contributed by atoms with E-state index in [1.807, 2.05) is 0 Å². The molecular formula is C21H20ClN5O3S. The van der Waals surface area contributed by atoms with Gasteiger partial charge in [0.05, 0.1) is 27.0 Å². The first-order valence-corrected chi connectivity index (χ1v) is 10.1. The first kappa shape index (κ1) is 22.3. The van der Waals surface area contributed by atoms with Gasteiger partial charge >= 0.3 is 0 Å². The number of ether oxygens (including phenoxy) is 1. The Morgan fingerprint density at radius 1 is 1.10 bits per heavy atom. The number of halogens is 1. The first-order valence-electron chi connectivity index (χ1n) is 8.92. The molecule has 3 heterocycles. The number of benzene rings is 1. The van der Waals surface area contributed by atoms with Crippen molar-refractivity contribution in [2.75, 3.05) is 28.7 Å². The van der Waals surface area contributed by atoms with Gasteiger partial charge in [0, 0.05) is 23.8 Å². The maximum Gasteiger partial charge on any atom is 0.289 e. The SMILES string of the molecule is C.N=C1OCCN1c1ccc(NC(=O)c2cnccc2NC(=O)c2ccc(Cl)s2)cc1. The summed E-state index contributed by atoms with van der Waals surface area (Å²) in [6.07, 6.45) is 2.89. The molecule has 1 fully saturated rings. The van der Waals surface area contributed by atoms with Crippen molar-refractivity contribution >= 4 is 57.8 Å². The molecule has 0 unspecified atom stereocenters. The largest absolute Gasteiger partial charge is 0.463 e. The Labute approximate surface area is 188 Å². The number of pyridine rings is 1. The number of amidine groups is 1. The van der Waals surface area contributed by atoms with Crippen molar-refractivity contribution in [2.45, 2.75) is 7.43 Å². The van der Waals surface area contributed by atoms with Crippen molar-refractivity contribution in [2.24, 2.45) is 0 Å². The van der Waals surface area contributed by atoms with Gasteiger partial charge in [-0.15, -0.1) is 11.3 Å². The van der Waals surface area contributed by atoms with Gasteiger partial charge in [-0.25, -0.2) is 0 Å². The van der Waals surface area contributed by atoms with Crippen molar-refractivity contribution in [1.82, 2.24) is 4.98 Å². The number of carbonyl (C=O) groups is 2. The number of hydrogen-bond donors (Lipinski definition) is 3. The number of rotatable bonds is 5. The minimum absolute atomic E-state index is 0. The molecule has 0 bridgehead atoms. The number of nitrogens with one attached hydrogen (secondary N) is 3. The molecule has 2 amide bonds. The monoisotopic (exact) mass is 457 g/mol. The first-order chi connectivity index (χ1) is 14.5. The number of nitrogens with zero attached hydrogens (tertiary/aromatic N) is 2. The summed E-state index contributed by atoms with van der Waals surface area (Å²) in [6.45, 7) is 1.09. The molecule has 2 aromatic heterocycles. The van der Waals surface area contributed by atoms with E-state index < -0.39 is 5.91 Å². The average Bonchev–Trinajstić information content (AvgIpc) is 3.37. The van der Waals surface area contributed by atoms with Gasteiger partial charge in [0.25, 0.3) is 17.8 Å². The molecule has 1 aromatic carbocycles. The van der Waals surface area contributed by atoms with E-state index in [9.17, 15) is 9.59 Å². The number of hydrogen-bond acceptors (Lipinski definition) is 6. The highest BCUT2D eigenvalue weighted by atomic mass is 35.5. The minimum atomic E-state index is -0.410. The third-order valence-corrected chi connectivity index (χ3v) is 5.58. The van der Waals surface area contributed by atoms with Crippen molar-refractivity contribution < 1.29 is 14.3 Å². The average molecular weight is 458 g/mol. The molecule has 4 rings (SSSR count). The number of aromatic nitrogens is 1. The summed E-state index contributed by atoms with van der Waals surface area (Å²) in [4.78, 5) is 31.3. The van der Waals surface area contributed by atoms with Crippen LogP contribution in [0.25, 0.3) is 0 Å². The molecule has 31 heavy (non-hydrogen) atoms. The number of carbonyl (C=O) groups excluding carboxylic acids is 2. The minimum Gasteiger partial charge on any atom is -0.463 e. The zero-order valence-corrected chi connectivity index (χ0v) is 17.1. The zero-order chi connectivity index (χ0) is 21.1. The fourth-order valence-electron chi connectivity index (χ4n) is 2.89. The Hall–Kier alpha value is -3.43. The Balaban J connectivity index is 0.00000272. The normalized spacial score (nSPS) is 12.7. The quantitative estimate of drug-likeness (QED) is 0.514. The highest BCUT2D eigenvalue weighted by molar-refractivity contribution is 7.18. The van der Waals surface area contributed by atoms with Gasteiger partial charge in [-0.3, -0.25) is 24.9 Å². The molecule has 10 heteroatoms. The van der Waals surface area contributed by atoms with Crippen LogP contribution >= 0.6 is 22.9 Å². The number of amides is 2. The molecule has 0 radical (unpaired) electrons. The van der Waals surface area contributed by atoms with Crippen LogP contribution in [0.1, 0.15) is 27.5 Å². The van der Waals surface area contributed by atoms with Crippen LogP contribution in [0.3, 0.4) is 0 Å². The van der Waals surface area contributed by atoms with Crippen LogP contribution in [-0.2, 0) is 4.74 Å². The van der Waals surface area contributed by atoms with Gasteiger partial charge in [0.15, 0.2) is 0 Å². The summed E-state index contributed by atoms with van der Waals surface area (Å²) in [6, 6.07) is 12.0. The van der Waals surface area contributed by atoms with Crippen LogP contribution in [0.2, 0.25) is 4.34 Å². The maximum absolute atomic E-state index is 12.8. The molecule has 0 aliphatic carbocycles. The van der Waals surface area contributed by atoms with E-state index in [1.54, 1.807) is 47.4 Å². The third kappa shape index (κ3) is 5.01. The van der Waals surface area contributed by atoms with E-state index in [1.165, 1.54) is 12.4 Å².